The zero-order valence-corrected chi connectivity index (χ0v) is 19.5. The van der Waals surface area contributed by atoms with Crippen LogP contribution in [0.2, 0.25) is 0 Å². The van der Waals surface area contributed by atoms with Gasteiger partial charge in [-0.2, -0.15) is 78.9 Å². The Bertz CT molecular complexity index is 1020. The van der Waals surface area contributed by atoms with Crippen LogP contribution in [-0.4, -0.2) is 78.4 Å². The van der Waals surface area contributed by atoms with E-state index < -0.39 is 86.5 Å². The number of carbonyl (C=O) groups excluding carboxylic acids is 1. The molecule has 0 radical (unpaired) electrons. The molecule has 0 aromatic carbocycles. The largest absolute Gasteiger partial charge is 0.460 e. The van der Waals surface area contributed by atoms with Crippen LogP contribution in [0.4, 0.5) is 74.6 Å². The third-order valence-corrected chi connectivity index (χ3v) is 6.63. The lowest BCUT2D eigenvalue weighted by molar-refractivity contribution is -0.458. The SMILES string of the molecule is C=CC(=O)OC(C)N(CCC)S(=O)(=O)C(F)(F)C(F)(F)C(F)(F)C(F)(F)C(F)(F)C(F)(F)C(F)(F)C(F)(F)F. The maximum Gasteiger partial charge on any atom is 0.460 e. The molecule has 0 heterocycles. The van der Waals surface area contributed by atoms with Crippen LogP contribution in [0.5, 0.6) is 0 Å². The smallest absolute Gasteiger partial charge is 0.442 e. The molecule has 1 unspecified atom stereocenters. The van der Waals surface area contributed by atoms with Gasteiger partial charge in [0, 0.05) is 12.6 Å². The molecule has 0 aliphatic heterocycles. The lowest BCUT2D eigenvalue weighted by atomic mass is 9.91. The number of carbonyl (C=O) groups is 1. The van der Waals surface area contributed by atoms with Crippen LogP contribution in [0.3, 0.4) is 0 Å². The highest BCUT2D eigenvalue weighted by atomic mass is 32.2. The molecule has 0 saturated carbocycles. The molecule has 0 rings (SSSR count). The van der Waals surface area contributed by atoms with Gasteiger partial charge in [-0.3, -0.25) is 0 Å². The summed E-state index contributed by atoms with van der Waals surface area (Å²) < 4.78 is 255. The summed E-state index contributed by atoms with van der Waals surface area (Å²) in [6.45, 7) is 2.45. The van der Waals surface area contributed by atoms with Gasteiger partial charge >= 0.3 is 52.9 Å². The minimum atomic E-state index is -8.93. The Kier molecular flexibility index (Phi) is 9.85. The van der Waals surface area contributed by atoms with Gasteiger partial charge in [0.25, 0.3) is 10.0 Å². The van der Waals surface area contributed by atoms with Gasteiger partial charge in [-0.15, -0.1) is 0 Å². The van der Waals surface area contributed by atoms with Crippen molar-refractivity contribution in [2.45, 2.75) is 73.5 Å². The van der Waals surface area contributed by atoms with Gasteiger partial charge in [-0.25, -0.2) is 13.2 Å². The maximum absolute atomic E-state index is 14.4. The molecule has 0 spiro atoms. The third-order valence-electron chi connectivity index (χ3n) is 4.63. The van der Waals surface area contributed by atoms with Crippen molar-refractivity contribution < 1.29 is 92.6 Å². The zero-order valence-electron chi connectivity index (χ0n) is 18.7. The van der Waals surface area contributed by atoms with Gasteiger partial charge in [0.05, 0.1) is 0 Å². The zero-order chi connectivity index (χ0) is 32.1. The number of ether oxygens (including phenoxy) is 1. The molecule has 0 amide bonds. The van der Waals surface area contributed by atoms with Gasteiger partial charge < -0.3 is 4.74 Å². The molecule has 0 saturated heterocycles. The van der Waals surface area contributed by atoms with E-state index in [9.17, 15) is 87.8 Å². The number of hydrogen-bond donors (Lipinski definition) is 0. The lowest BCUT2D eigenvalue weighted by Crippen LogP contribution is -2.75. The van der Waals surface area contributed by atoms with E-state index in [1.807, 2.05) is 0 Å². The van der Waals surface area contributed by atoms with Crippen LogP contribution in [0.15, 0.2) is 12.7 Å². The number of halogens is 17. The summed E-state index contributed by atoms with van der Waals surface area (Å²) in [5.41, 5.74) is 0. The minimum Gasteiger partial charge on any atom is -0.442 e. The number of hydrogen-bond acceptors (Lipinski definition) is 4. The molecule has 39 heavy (non-hydrogen) atoms. The predicted octanol–water partition coefficient (Wildman–Crippen LogP) is 6.07. The Labute approximate surface area is 206 Å². The molecule has 23 heteroatoms. The summed E-state index contributed by atoms with van der Waals surface area (Å²) in [6.07, 6.45) is -11.1. The fraction of sp³-hybridized carbons (Fsp3) is 0.812. The van der Waals surface area contributed by atoms with Gasteiger partial charge in [0.2, 0.25) is 0 Å². The van der Waals surface area contributed by atoms with Crippen molar-refractivity contribution in [3.05, 3.63) is 12.7 Å². The second-order valence-corrected chi connectivity index (χ2v) is 9.25. The average molecular weight is 639 g/mol. The van der Waals surface area contributed by atoms with Crippen LogP contribution in [0, 0.1) is 0 Å². The molecule has 0 N–H and O–H groups in total. The highest BCUT2D eigenvalue weighted by molar-refractivity contribution is 7.90. The predicted molar refractivity (Wildman–Crippen MR) is 92.4 cm³/mol. The normalized spacial score (nSPS) is 16.3. The van der Waals surface area contributed by atoms with Gasteiger partial charge in [0.15, 0.2) is 6.23 Å². The number of rotatable bonds is 13. The molecule has 0 bridgehead atoms. The van der Waals surface area contributed by atoms with E-state index in [4.69, 9.17) is 0 Å². The molecule has 232 valence electrons. The van der Waals surface area contributed by atoms with E-state index in [0.29, 0.717) is 6.92 Å². The lowest BCUT2D eigenvalue weighted by Gasteiger charge is -2.43. The molecule has 0 aliphatic carbocycles. The van der Waals surface area contributed by atoms with E-state index in [0.717, 1.165) is 6.92 Å². The highest BCUT2D eigenvalue weighted by Gasteiger charge is 2.96. The second-order valence-electron chi connectivity index (χ2n) is 7.32. The van der Waals surface area contributed by atoms with Gasteiger partial charge in [0.1, 0.15) is 0 Å². The van der Waals surface area contributed by atoms with E-state index in [2.05, 4.69) is 11.3 Å². The maximum atomic E-state index is 14.4. The molecular formula is C16H14F17NO4S. The summed E-state index contributed by atoms with van der Waals surface area (Å²) in [4.78, 5) is 11.1. The average Bonchev–Trinajstić information content (AvgIpc) is 2.75. The standard InChI is InChI=1S/C16H14F17NO4S/c1-4-6-34(7(3)38-8(35)5-2)39(36,37)16(32,33)14(27,28)12(23,24)10(19,20)9(17,18)11(21,22)13(25,26)15(29,30)31/h5,7H,2,4,6H2,1,3H3. The summed E-state index contributed by atoms with van der Waals surface area (Å²) >= 11 is 0. The molecule has 0 fully saturated rings. The summed E-state index contributed by atoms with van der Waals surface area (Å²) in [5.74, 6) is -53.8. The first-order chi connectivity index (χ1) is 16.8. The fourth-order valence-corrected chi connectivity index (χ4v) is 4.05. The first kappa shape index (κ1) is 36.9. The first-order valence-corrected chi connectivity index (χ1v) is 10.8. The Hall–Kier alpha value is -2.07. The van der Waals surface area contributed by atoms with Crippen molar-refractivity contribution in [3.8, 4) is 0 Å². The monoisotopic (exact) mass is 639 g/mol. The van der Waals surface area contributed by atoms with Crippen molar-refractivity contribution >= 4 is 16.0 Å². The Morgan fingerprint density at radius 3 is 1.38 bits per heavy atom. The minimum absolute atomic E-state index is 0.216. The number of esters is 1. The molecule has 5 nitrogen and oxygen atoms in total. The summed E-state index contributed by atoms with van der Waals surface area (Å²) in [6, 6.07) is 0. The van der Waals surface area contributed by atoms with Crippen molar-refractivity contribution in [2.24, 2.45) is 0 Å². The van der Waals surface area contributed by atoms with E-state index in [1.54, 1.807) is 0 Å². The molecule has 1 atom stereocenters. The second kappa shape index (κ2) is 10.4. The van der Waals surface area contributed by atoms with Crippen LogP contribution < -0.4 is 0 Å². The molecule has 0 aliphatic rings. The summed E-state index contributed by atoms with van der Waals surface area (Å²) in [7, 11) is -7.58. The van der Waals surface area contributed by atoms with E-state index >= 15 is 0 Å². The van der Waals surface area contributed by atoms with Gasteiger partial charge in [-0.1, -0.05) is 13.5 Å². The van der Waals surface area contributed by atoms with Crippen molar-refractivity contribution in [3.63, 3.8) is 0 Å². The Morgan fingerprint density at radius 1 is 0.744 bits per heavy atom. The Balaban J connectivity index is 7.12. The molecular weight excluding hydrogens is 625 g/mol. The van der Waals surface area contributed by atoms with E-state index in [-0.39, 0.29) is 6.08 Å². The topological polar surface area (TPSA) is 63.7 Å². The number of sulfonamides is 1. The van der Waals surface area contributed by atoms with Crippen molar-refractivity contribution in [1.82, 2.24) is 4.31 Å². The van der Waals surface area contributed by atoms with Crippen LogP contribution in [0.25, 0.3) is 0 Å². The van der Waals surface area contributed by atoms with E-state index in [1.165, 1.54) is 0 Å². The molecule has 0 aromatic rings. The summed E-state index contributed by atoms with van der Waals surface area (Å²) in [5, 5.41) is -7.74. The fourth-order valence-electron chi connectivity index (χ4n) is 2.45. The van der Waals surface area contributed by atoms with Crippen LogP contribution in [-0.2, 0) is 19.6 Å². The number of alkyl halides is 17. The first-order valence-electron chi connectivity index (χ1n) is 9.38. The Morgan fingerprint density at radius 2 is 1.08 bits per heavy atom. The third kappa shape index (κ3) is 5.23. The van der Waals surface area contributed by atoms with Crippen LogP contribution in [0.1, 0.15) is 20.3 Å². The quantitative estimate of drug-likeness (QED) is 0.106. The molecule has 0 aromatic heterocycles. The highest BCUT2D eigenvalue weighted by Crippen LogP contribution is 2.64. The van der Waals surface area contributed by atoms with Crippen molar-refractivity contribution in [1.29, 1.82) is 0 Å². The van der Waals surface area contributed by atoms with Gasteiger partial charge in [-0.05, 0) is 13.3 Å². The van der Waals surface area contributed by atoms with Crippen LogP contribution >= 0.6 is 0 Å². The van der Waals surface area contributed by atoms with Crippen molar-refractivity contribution in [2.75, 3.05) is 6.54 Å². The number of nitrogens with zero attached hydrogens (tertiary/aromatic N) is 1.